The number of piperazine rings is 1. The quantitative estimate of drug-likeness (QED) is 0.851. The largest absolute Gasteiger partial charge is 0.340 e. The number of carbonyl (C=O) groups is 1. The fourth-order valence-corrected chi connectivity index (χ4v) is 3.16. The van der Waals surface area contributed by atoms with Crippen molar-refractivity contribution < 1.29 is 9.32 Å². The molecule has 1 aromatic heterocycles. The molecule has 4 rings (SSSR count). The second-order valence-electron chi connectivity index (χ2n) is 6.40. The van der Waals surface area contributed by atoms with Crippen LogP contribution in [0.4, 0.5) is 0 Å². The summed E-state index contributed by atoms with van der Waals surface area (Å²) in [6.07, 6.45) is 2.13. The summed E-state index contributed by atoms with van der Waals surface area (Å²) in [5.41, 5.74) is 0.820. The van der Waals surface area contributed by atoms with E-state index >= 15 is 0 Å². The minimum atomic E-state index is 0.300. The first-order chi connectivity index (χ1) is 11.7. The molecule has 1 amide bonds. The number of aromatic nitrogens is 2. The number of hydrogen-bond acceptors (Lipinski definition) is 5. The molecule has 1 saturated carbocycles. The normalized spacial score (nSPS) is 18.8. The van der Waals surface area contributed by atoms with Crippen LogP contribution in [0, 0.1) is 5.92 Å². The number of halogens is 1. The Labute approximate surface area is 145 Å². The Morgan fingerprint density at radius 3 is 2.75 bits per heavy atom. The van der Waals surface area contributed by atoms with Gasteiger partial charge in [0.05, 0.1) is 6.54 Å². The summed E-state index contributed by atoms with van der Waals surface area (Å²) in [7, 11) is 0. The predicted molar refractivity (Wildman–Crippen MR) is 89.3 cm³/mol. The van der Waals surface area contributed by atoms with Crippen molar-refractivity contribution in [3.05, 3.63) is 35.1 Å². The molecule has 1 aromatic carbocycles. The highest BCUT2D eigenvalue weighted by Crippen LogP contribution is 2.31. The first kappa shape index (κ1) is 15.6. The summed E-state index contributed by atoms with van der Waals surface area (Å²) < 4.78 is 5.34. The van der Waals surface area contributed by atoms with Crippen LogP contribution < -0.4 is 0 Å². The van der Waals surface area contributed by atoms with Gasteiger partial charge in [-0.1, -0.05) is 22.8 Å². The van der Waals surface area contributed by atoms with Gasteiger partial charge in [0, 0.05) is 42.7 Å². The third kappa shape index (κ3) is 3.44. The lowest BCUT2D eigenvalue weighted by Crippen LogP contribution is -2.48. The lowest BCUT2D eigenvalue weighted by atomic mass is 10.2. The first-order valence-electron chi connectivity index (χ1n) is 8.29. The van der Waals surface area contributed by atoms with E-state index in [2.05, 4.69) is 15.0 Å². The summed E-state index contributed by atoms with van der Waals surface area (Å²) >= 11 is 5.99. The van der Waals surface area contributed by atoms with Gasteiger partial charge in [-0.25, -0.2) is 0 Å². The minimum absolute atomic E-state index is 0.300. The molecule has 0 spiro atoms. The zero-order valence-electron chi connectivity index (χ0n) is 13.3. The van der Waals surface area contributed by atoms with Gasteiger partial charge in [-0.3, -0.25) is 9.69 Å². The summed E-state index contributed by atoms with van der Waals surface area (Å²) in [4.78, 5) is 20.8. The summed E-state index contributed by atoms with van der Waals surface area (Å²) in [6.45, 7) is 3.90. The van der Waals surface area contributed by atoms with Gasteiger partial charge in [0.1, 0.15) is 0 Å². The van der Waals surface area contributed by atoms with Crippen molar-refractivity contribution in [3.8, 4) is 11.5 Å². The minimum Gasteiger partial charge on any atom is -0.340 e. The number of rotatable bonds is 4. The molecule has 0 radical (unpaired) electrons. The third-order valence-corrected chi connectivity index (χ3v) is 4.75. The Hall–Kier alpha value is -1.92. The van der Waals surface area contributed by atoms with E-state index in [0.717, 1.165) is 44.6 Å². The summed E-state index contributed by atoms with van der Waals surface area (Å²) in [5, 5.41) is 4.70. The molecule has 7 heteroatoms. The van der Waals surface area contributed by atoms with Gasteiger partial charge in [-0.05, 0) is 31.0 Å². The molecule has 0 bridgehead atoms. The summed E-state index contributed by atoms with van der Waals surface area (Å²) in [6, 6.07) is 7.37. The number of amides is 1. The van der Waals surface area contributed by atoms with Crippen molar-refractivity contribution in [2.24, 2.45) is 5.92 Å². The monoisotopic (exact) mass is 346 g/mol. The third-order valence-electron chi connectivity index (χ3n) is 4.52. The Morgan fingerprint density at radius 1 is 1.25 bits per heavy atom. The molecule has 6 nitrogen and oxygen atoms in total. The van der Waals surface area contributed by atoms with Crippen molar-refractivity contribution >= 4 is 17.5 Å². The van der Waals surface area contributed by atoms with Crippen LogP contribution in [0.3, 0.4) is 0 Å². The van der Waals surface area contributed by atoms with E-state index in [1.165, 1.54) is 0 Å². The average Bonchev–Trinajstić information content (AvgIpc) is 3.34. The maximum absolute atomic E-state index is 12.1. The van der Waals surface area contributed by atoms with Gasteiger partial charge >= 0.3 is 0 Å². The first-order valence-corrected chi connectivity index (χ1v) is 8.66. The maximum atomic E-state index is 12.1. The number of nitrogens with zero attached hydrogens (tertiary/aromatic N) is 4. The molecule has 2 aromatic rings. The highest BCUT2D eigenvalue weighted by atomic mass is 35.5. The van der Waals surface area contributed by atoms with E-state index in [-0.39, 0.29) is 0 Å². The van der Waals surface area contributed by atoms with Gasteiger partial charge in [0.2, 0.25) is 5.91 Å². The zero-order valence-corrected chi connectivity index (χ0v) is 14.1. The highest BCUT2D eigenvalue weighted by molar-refractivity contribution is 6.30. The van der Waals surface area contributed by atoms with E-state index in [9.17, 15) is 4.79 Å². The molecule has 0 atom stereocenters. The molecule has 1 aliphatic heterocycles. The molecule has 2 heterocycles. The van der Waals surface area contributed by atoms with Gasteiger partial charge in [0.15, 0.2) is 5.82 Å². The molecule has 2 aliphatic rings. The number of carbonyl (C=O) groups excluding carboxylic acids is 1. The smallest absolute Gasteiger partial charge is 0.258 e. The summed E-state index contributed by atoms with van der Waals surface area (Å²) in [5.74, 6) is 1.77. The lowest BCUT2D eigenvalue weighted by molar-refractivity contribution is -0.134. The van der Waals surface area contributed by atoms with Crippen molar-refractivity contribution in [2.75, 3.05) is 26.2 Å². The van der Waals surface area contributed by atoms with Crippen LogP contribution in [0.2, 0.25) is 5.02 Å². The topological polar surface area (TPSA) is 62.5 Å². The molecule has 0 unspecified atom stereocenters. The van der Waals surface area contributed by atoms with E-state index in [1.807, 2.05) is 23.1 Å². The Morgan fingerprint density at radius 2 is 2.04 bits per heavy atom. The maximum Gasteiger partial charge on any atom is 0.258 e. The second-order valence-corrected chi connectivity index (χ2v) is 6.84. The van der Waals surface area contributed by atoms with Crippen LogP contribution in [-0.2, 0) is 11.3 Å². The van der Waals surface area contributed by atoms with Crippen LogP contribution >= 0.6 is 11.6 Å². The lowest BCUT2D eigenvalue weighted by Gasteiger charge is -2.34. The molecular weight excluding hydrogens is 328 g/mol. The predicted octanol–water partition coefficient (Wildman–Crippen LogP) is 2.44. The second kappa shape index (κ2) is 6.53. The molecule has 1 saturated heterocycles. The SMILES string of the molecule is O=C(C1CC1)N1CCN(Cc2noc(-c3cccc(Cl)c3)n2)CC1. The molecule has 24 heavy (non-hydrogen) atoms. The number of hydrogen-bond donors (Lipinski definition) is 0. The van der Waals surface area contributed by atoms with E-state index in [4.69, 9.17) is 16.1 Å². The van der Waals surface area contributed by atoms with Crippen LogP contribution in [0.15, 0.2) is 28.8 Å². The van der Waals surface area contributed by atoms with Crippen molar-refractivity contribution in [2.45, 2.75) is 19.4 Å². The van der Waals surface area contributed by atoms with Crippen molar-refractivity contribution in [3.63, 3.8) is 0 Å². The molecule has 0 N–H and O–H groups in total. The standard InChI is InChI=1S/C17H19ClN4O2/c18-14-3-1-2-13(10-14)16-19-15(20-24-16)11-21-6-8-22(9-7-21)17(23)12-4-5-12/h1-3,10,12H,4-9,11H2. The fraction of sp³-hybridized carbons (Fsp3) is 0.471. The van der Waals surface area contributed by atoms with Crippen molar-refractivity contribution in [1.82, 2.24) is 19.9 Å². The number of benzene rings is 1. The molecule has 1 aliphatic carbocycles. The van der Waals surface area contributed by atoms with Crippen LogP contribution in [0.25, 0.3) is 11.5 Å². The average molecular weight is 347 g/mol. The molecule has 2 fully saturated rings. The highest BCUT2D eigenvalue weighted by Gasteiger charge is 2.34. The fourth-order valence-electron chi connectivity index (χ4n) is 2.97. The van der Waals surface area contributed by atoms with Gasteiger partial charge in [-0.2, -0.15) is 4.98 Å². The van der Waals surface area contributed by atoms with Crippen LogP contribution in [-0.4, -0.2) is 52.0 Å². The van der Waals surface area contributed by atoms with E-state index < -0.39 is 0 Å². The van der Waals surface area contributed by atoms with Gasteiger partial charge in [0.25, 0.3) is 5.89 Å². The Kier molecular flexibility index (Phi) is 4.24. The van der Waals surface area contributed by atoms with Gasteiger partial charge in [-0.15, -0.1) is 0 Å². The van der Waals surface area contributed by atoms with Gasteiger partial charge < -0.3 is 9.42 Å². The van der Waals surface area contributed by atoms with Crippen LogP contribution in [0.1, 0.15) is 18.7 Å². The van der Waals surface area contributed by atoms with E-state index in [0.29, 0.717) is 35.1 Å². The molecular formula is C17H19ClN4O2. The molecule has 126 valence electrons. The van der Waals surface area contributed by atoms with Crippen molar-refractivity contribution in [1.29, 1.82) is 0 Å². The van der Waals surface area contributed by atoms with E-state index in [1.54, 1.807) is 6.07 Å². The Balaban J connectivity index is 1.34. The zero-order chi connectivity index (χ0) is 16.5. The Bertz CT molecular complexity index is 736. The van der Waals surface area contributed by atoms with Crippen LogP contribution in [0.5, 0.6) is 0 Å².